The van der Waals surface area contributed by atoms with Crippen LogP contribution in [0.15, 0.2) is 23.6 Å². The zero-order valence-corrected chi connectivity index (χ0v) is 9.81. The van der Waals surface area contributed by atoms with Crippen molar-refractivity contribution >= 4 is 17.5 Å². The Morgan fingerprint density at radius 3 is 2.88 bits per heavy atom. The molecule has 7 heteroatoms. The van der Waals surface area contributed by atoms with Gasteiger partial charge >= 0.3 is 0 Å². The van der Waals surface area contributed by atoms with Crippen molar-refractivity contribution in [3.8, 4) is 0 Å². The molecule has 0 N–H and O–H groups in total. The molecule has 0 saturated carbocycles. The molecular formula is C9H11N5OS. The highest BCUT2D eigenvalue weighted by Gasteiger charge is 2.10. The molecule has 16 heavy (non-hydrogen) atoms. The van der Waals surface area contributed by atoms with Gasteiger partial charge in [0, 0.05) is 32.1 Å². The fourth-order valence-electron chi connectivity index (χ4n) is 1.23. The minimum Gasteiger partial charge on any atom is -0.357 e. The topological polar surface area (TPSA) is 65.6 Å². The Bertz CT molecular complexity index is 503. The van der Waals surface area contributed by atoms with Crippen LogP contribution in [0.4, 0.5) is 0 Å². The van der Waals surface area contributed by atoms with E-state index in [0.717, 1.165) is 0 Å². The second kappa shape index (κ2) is 4.48. The lowest BCUT2D eigenvalue weighted by atomic mass is 10.2. The van der Waals surface area contributed by atoms with Gasteiger partial charge in [-0.1, -0.05) is 11.8 Å². The third kappa shape index (κ3) is 2.30. The number of aryl methyl sites for hydroxylation is 2. The number of carbonyl (C=O) groups is 1. The summed E-state index contributed by atoms with van der Waals surface area (Å²) in [6, 6.07) is 1.80. The Kier molecular flexibility index (Phi) is 3.04. The highest BCUT2D eigenvalue weighted by molar-refractivity contribution is 7.99. The molecule has 0 spiro atoms. The molecule has 0 fully saturated rings. The Morgan fingerprint density at radius 2 is 2.31 bits per heavy atom. The Labute approximate surface area is 96.6 Å². The first kappa shape index (κ1) is 10.9. The lowest BCUT2D eigenvalue weighted by Gasteiger charge is -1.97. The van der Waals surface area contributed by atoms with Crippen molar-refractivity contribution in [1.82, 2.24) is 24.8 Å². The lowest BCUT2D eigenvalue weighted by Crippen LogP contribution is -2.03. The van der Waals surface area contributed by atoms with E-state index in [9.17, 15) is 4.79 Å². The van der Waals surface area contributed by atoms with Gasteiger partial charge in [-0.05, 0) is 16.5 Å². The number of rotatable bonds is 4. The standard InChI is InChI=1S/C9H11N5OS/c1-13-4-3-7(5-13)8(15)6-16-9-10-11-12-14(9)2/h3-5H,6H2,1-2H3. The van der Waals surface area contributed by atoms with Crippen molar-refractivity contribution in [2.45, 2.75) is 5.16 Å². The first-order chi connectivity index (χ1) is 7.66. The number of hydrogen-bond acceptors (Lipinski definition) is 5. The Morgan fingerprint density at radius 1 is 1.50 bits per heavy atom. The van der Waals surface area contributed by atoms with Crippen LogP contribution in [0.3, 0.4) is 0 Å². The number of hydrogen-bond donors (Lipinski definition) is 0. The van der Waals surface area contributed by atoms with Gasteiger partial charge in [0.15, 0.2) is 5.78 Å². The second-order valence-electron chi connectivity index (χ2n) is 3.36. The molecule has 0 aliphatic carbocycles. The van der Waals surface area contributed by atoms with Crippen molar-refractivity contribution in [2.75, 3.05) is 5.75 Å². The van der Waals surface area contributed by atoms with E-state index < -0.39 is 0 Å². The van der Waals surface area contributed by atoms with Crippen molar-refractivity contribution < 1.29 is 4.79 Å². The Balaban J connectivity index is 1.96. The van der Waals surface area contributed by atoms with Crippen molar-refractivity contribution in [1.29, 1.82) is 0 Å². The van der Waals surface area contributed by atoms with E-state index in [1.807, 2.05) is 17.8 Å². The molecule has 0 aliphatic rings. The van der Waals surface area contributed by atoms with E-state index >= 15 is 0 Å². The summed E-state index contributed by atoms with van der Waals surface area (Å²) >= 11 is 1.33. The maximum Gasteiger partial charge on any atom is 0.209 e. The fourth-order valence-corrected chi connectivity index (χ4v) is 1.97. The summed E-state index contributed by atoms with van der Waals surface area (Å²) in [6.07, 6.45) is 3.65. The Hall–Kier alpha value is -1.63. The van der Waals surface area contributed by atoms with Gasteiger partial charge in [0.05, 0.1) is 5.75 Å². The van der Waals surface area contributed by atoms with E-state index in [1.54, 1.807) is 24.0 Å². The van der Waals surface area contributed by atoms with Crippen molar-refractivity contribution in [3.05, 3.63) is 24.0 Å². The molecule has 0 atom stereocenters. The molecule has 0 unspecified atom stereocenters. The van der Waals surface area contributed by atoms with Gasteiger partial charge in [0.25, 0.3) is 0 Å². The third-order valence-corrected chi connectivity index (χ3v) is 3.08. The minimum atomic E-state index is 0.0774. The van der Waals surface area contributed by atoms with E-state index in [1.165, 1.54) is 11.8 Å². The number of tetrazole rings is 1. The van der Waals surface area contributed by atoms with Crippen LogP contribution < -0.4 is 0 Å². The molecule has 0 bridgehead atoms. The predicted molar refractivity (Wildman–Crippen MR) is 59.3 cm³/mol. The summed E-state index contributed by atoms with van der Waals surface area (Å²) in [5, 5.41) is 11.6. The number of thioether (sulfide) groups is 1. The van der Waals surface area contributed by atoms with Gasteiger partial charge < -0.3 is 4.57 Å². The number of carbonyl (C=O) groups excluding carboxylic acids is 1. The van der Waals surface area contributed by atoms with Crippen molar-refractivity contribution in [3.63, 3.8) is 0 Å². The average Bonchev–Trinajstić information content (AvgIpc) is 2.84. The molecule has 2 rings (SSSR count). The molecule has 2 aromatic heterocycles. The molecule has 6 nitrogen and oxygen atoms in total. The lowest BCUT2D eigenvalue weighted by molar-refractivity contribution is 0.102. The van der Waals surface area contributed by atoms with Gasteiger partial charge in [-0.3, -0.25) is 4.79 Å². The SMILES string of the molecule is Cn1ccc(C(=O)CSc2nnnn2C)c1. The fraction of sp³-hybridized carbons (Fsp3) is 0.333. The van der Waals surface area contributed by atoms with E-state index in [-0.39, 0.29) is 5.78 Å². The summed E-state index contributed by atoms with van der Waals surface area (Å²) in [5.41, 5.74) is 0.713. The normalized spacial score (nSPS) is 10.6. The predicted octanol–water partition coefficient (Wildman–Crippen LogP) is 0.524. The summed E-state index contributed by atoms with van der Waals surface area (Å²) in [7, 11) is 3.63. The summed E-state index contributed by atoms with van der Waals surface area (Å²) < 4.78 is 3.39. The largest absolute Gasteiger partial charge is 0.357 e. The number of ketones is 1. The van der Waals surface area contributed by atoms with E-state index in [4.69, 9.17) is 0 Å². The molecule has 0 radical (unpaired) electrons. The zero-order chi connectivity index (χ0) is 11.5. The van der Waals surface area contributed by atoms with Crippen LogP contribution in [-0.2, 0) is 14.1 Å². The molecule has 0 aromatic carbocycles. The van der Waals surface area contributed by atoms with Gasteiger partial charge in [0.1, 0.15) is 0 Å². The van der Waals surface area contributed by atoms with Crippen LogP contribution >= 0.6 is 11.8 Å². The summed E-state index contributed by atoms with van der Waals surface area (Å²) in [4.78, 5) is 11.8. The molecular weight excluding hydrogens is 226 g/mol. The van der Waals surface area contributed by atoms with Crippen LogP contribution in [0.5, 0.6) is 0 Å². The maximum atomic E-state index is 11.8. The second-order valence-corrected chi connectivity index (χ2v) is 4.31. The number of aromatic nitrogens is 5. The zero-order valence-electron chi connectivity index (χ0n) is 8.99. The summed E-state index contributed by atoms with van der Waals surface area (Å²) in [6.45, 7) is 0. The van der Waals surface area contributed by atoms with Crippen molar-refractivity contribution in [2.24, 2.45) is 14.1 Å². The minimum absolute atomic E-state index is 0.0774. The number of nitrogens with zero attached hydrogens (tertiary/aromatic N) is 5. The van der Waals surface area contributed by atoms with E-state index in [0.29, 0.717) is 16.5 Å². The quantitative estimate of drug-likeness (QED) is 0.573. The van der Waals surface area contributed by atoms with Crippen LogP contribution in [0.2, 0.25) is 0 Å². The summed E-state index contributed by atoms with van der Waals surface area (Å²) in [5.74, 6) is 0.423. The van der Waals surface area contributed by atoms with Crippen LogP contribution in [0.1, 0.15) is 10.4 Å². The van der Waals surface area contributed by atoms with E-state index in [2.05, 4.69) is 15.5 Å². The molecule has 0 amide bonds. The average molecular weight is 237 g/mol. The molecule has 2 aromatic rings. The van der Waals surface area contributed by atoms with Gasteiger partial charge in [-0.2, -0.15) is 0 Å². The molecule has 84 valence electrons. The monoisotopic (exact) mass is 237 g/mol. The molecule has 2 heterocycles. The third-order valence-electron chi connectivity index (χ3n) is 2.07. The highest BCUT2D eigenvalue weighted by Crippen LogP contribution is 2.14. The maximum absolute atomic E-state index is 11.8. The molecule has 0 saturated heterocycles. The van der Waals surface area contributed by atoms with Gasteiger partial charge in [-0.25, -0.2) is 4.68 Å². The van der Waals surface area contributed by atoms with Crippen LogP contribution in [-0.4, -0.2) is 36.3 Å². The van der Waals surface area contributed by atoms with Crippen LogP contribution in [0.25, 0.3) is 0 Å². The van der Waals surface area contributed by atoms with Gasteiger partial charge in [-0.15, -0.1) is 5.10 Å². The highest BCUT2D eigenvalue weighted by atomic mass is 32.2. The first-order valence-corrected chi connectivity index (χ1v) is 5.65. The van der Waals surface area contributed by atoms with Gasteiger partial charge in [0.2, 0.25) is 5.16 Å². The first-order valence-electron chi connectivity index (χ1n) is 4.67. The number of Topliss-reactive ketones (excluding diaryl/α,β-unsaturated/α-hetero) is 1. The molecule has 0 aliphatic heterocycles. The van der Waals surface area contributed by atoms with Crippen LogP contribution in [0, 0.1) is 0 Å². The smallest absolute Gasteiger partial charge is 0.209 e.